The van der Waals surface area contributed by atoms with Gasteiger partial charge in [0, 0.05) is 36.7 Å². The molecule has 1 saturated heterocycles. The number of likely N-dealkylation sites (tertiary alicyclic amines) is 1. The zero-order valence-electron chi connectivity index (χ0n) is 16.4. The molecule has 6 heteroatoms. The summed E-state index contributed by atoms with van der Waals surface area (Å²) in [5, 5.41) is 0.797. The fourth-order valence-corrected chi connectivity index (χ4v) is 4.33. The highest BCUT2D eigenvalue weighted by Crippen LogP contribution is 2.30. The molecule has 1 fully saturated rings. The van der Waals surface area contributed by atoms with Gasteiger partial charge in [-0.1, -0.05) is 24.6 Å². The van der Waals surface area contributed by atoms with Gasteiger partial charge < -0.3 is 4.90 Å². The van der Waals surface area contributed by atoms with Gasteiger partial charge in [-0.15, -0.1) is 0 Å². The second-order valence-electron chi connectivity index (χ2n) is 7.09. The Morgan fingerprint density at radius 3 is 2.52 bits per heavy atom. The zero-order chi connectivity index (χ0) is 19.2. The molecule has 3 heterocycles. The first-order chi connectivity index (χ1) is 13.1. The number of nitrogens with zero attached hydrogens (tertiary/aromatic N) is 4. The lowest BCUT2D eigenvalue weighted by molar-refractivity contribution is -0.133. The fourth-order valence-electron chi connectivity index (χ4n) is 3.88. The van der Waals surface area contributed by atoms with Gasteiger partial charge in [0.15, 0.2) is 5.16 Å². The largest absolute Gasteiger partial charge is 0.336 e. The van der Waals surface area contributed by atoms with Crippen molar-refractivity contribution in [3.05, 3.63) is 47.0 Å². The van der Waals surface area contributed by atoms with Crippen LogP contribution < -0.4 is 0 Å². The van der Waals surface area contributed by atoms with E-state index in [1.54, 1.807) is 11.8 Å². The predicted molar refractivity (Wildman–Crippen MR) is 109 cm³/mol. The molecule has 0 radical (unpaired) electrons. The standard InChI is InChI=1S/C21H28N4OS/c1-15-18(16(2)24-21(23-15)27-3)8-9-20(26)25-14-6-4-5-7-19(25)17-10-12-22-13-11-17/h10-13,19H,4-9,14H2,1-3H3/t19-/m0/s1. The van der Waals surface area contributed by atoms with E-state index >= 15 is 0 Å². The Morgan fingerprint density at radius 2 is 1.85 bits per heavy atom. The van der Waals surface area contributed by atoms with Crippen LogP contribution in [0.2, 0.25) is 0 Å². The molecular weight excluding hydrogens is 356 g/mol. The van der Waals surface area contributed by atoms with Gasteiger partial charge in [0.05, 0.1) is 6.04 Å². The van der Waals surface area contributed by atoms with Crippen molar-refractivity contribution in [3.8, 4) is 0 Å². The molecule has 144 valence electrons. The van der Waals surface area contributed by atoms with Gasteiger partial charge in [-0.3, -0.25) is 9.78 Å². The molecule has 1 atom stereocenters. The SMILES string of the molecule is CSc1nc(C)c(CCC(=O)N2CCCCC[C@H]2c2ccncc2)c(C)n1. The molecule has 27 heavy (non-hydrogen) atoms. The quantitative estimate of drug-likeness (QED) is 0.569. The van der Waals surface area contributed by atoms with E-state index in [2.05, 4.69) is 19.9 Å². The van der Waals surface area contributed by atoms with Gasteiger partial charge in [0.25, 0.3) is 0 Å². The van der Waals surface area contributed by atoms with Crippen molar-refractivity contribution in [2.75, 3.05) is 12.8 Å². The normalized spacial score (nSPS) is 17.6. The fraction of sp³-hybridized carbons (Fsp3) is 0.524. The molecule has 3 rings (SSSR count). The molecule has 1 amide bonds. The minimum absolute atomic E-state index is 0.167. The number of aryl methyl sites for hydroxylation is 2. The lowest BCUT2D eigenvalue weighted by Gasteiger charge is -2.30. The van der Waals surface area contributed by atoms with Crippen molar-refractivity contribution in [1.82, 2.24) is 19.9 Å². The summed E-state index contributed by atoms with van der Waals surface area (Å²) in [5.41, 5.74) is 4.28. The van der Waals surface area contributed by atoms with E-state index in [4.69, 9.17) is 0 Å². The van der Waals surface area contributed by atoms with Crippen LogP contribution in [0.25, 0.3) is 0 Å². The summed E-state index contributed by atoms with van der Waals surface area (Å²) >= 11 is 1.55. The maximum atomic E-state index is 13.1. The van der Waals surface area contributed by atoms with Gasteiger partial charge in [0.1, 0.15) is 0 Å². The molecule has 0 unspecified atom stereocenters. The number of hydrogen-bond acceptors (Lipinski definition) is 5. The molecule has 1 aliphatic rings. The van der Waals surface area contributed by atoms with Crippen LogP contribution in [0.5, 0.6) is 0 Å². The van der Waals surface area contributed by atoms with Crippen molar-refractivity contribution in [1.29, 1.82) is 0 Å². The highest BCUT2D eigenvalue weighted by Gasteiger charge is 2.26. The van der Waals surface area contributed by atoms with E-state index in [9.17, 15) is 4.79 Å². The molecule has 0 aliphatic carbocycles. The average molecular weight is 385 g/mol. The highest BCUT2D eigenvalue weighted by atomic mass is 32.2. The molecule has 0 spiro atoms. The molecular formula is C21H28N4OS. The van der Waals surface area contributed by atoms with Crippen LogP contribution in [0.1, 0.15) is 60.7 Å². The number of aromatic nitrogens is 3. The first-order valence-electron chi connectivity index (χ1n) is 9.67. The van der Waals surface area contributed by atoms with Crippen LogP contribution in [-0.2, 0) is 11.2 Å². The Morgan fingerprint density at radius 1 is 1.15 bits per heavy atom. The summed E-state index contributed by atoms with van der Waals surface area (Å²) in [6, 6.07) is 4.25. The number of pyridine rings is 1. The van der Waals surface area contributed by atoms with Crippen LogP contribution >= 0.6 is 11.8 Å². The van der Waals surface area contributed by atoms with Crippen molar-refractivity contribution in [2.45, 2.75) is 63.6 Å². The summed E-state index contributed by atoms with van der Waals surface area (Å²) in [6.07, 6.45) is 11.3. The maximum Gasteiger partial charge on any atom is 0.223 e. The molecule has 0 N–H and O–H groups in total. The van der Waals surface area contributed by atoms with Crippen LogP contribution in [-0.4, -0.2) is 38.6 Å². The summed E-state index contributed by atoms with van der Waals surface area (Å²) in [4.78, 5) is 28.4. The third-order valence-corrected chi connectivity index (χ3v) is 5.88. The van der Waals surface area contributed by atoms with Gasteiger partial charge in [-0.2, -0.15) is 0 Å². The topological polar surface area (TPSA) is 59.0 Å². The van der Waals surface area contributed by atoms with Gasteiger partial charge in [0.2, 0.25) is 5.91 Å². The monoisotopic (exact) mass is 384 g/mol. The van der Waals surface area contributed by atoms with Crippen LogP contribution in [0.4, 0.5) is 0 Å². The second kappa shape index (κ2) is 9.31. The van der Waals surface area contributed by atoms with Gasteiger partial charge in [-0.25, -0.2) is 9.97 Å². The van der Waals surface area contributed by atoms with Crippen LogP contribution in [0.3, 0.4) is 0 Å². The molecule has 0 saturated carbocycles. The highest BCUT2D eigenvalue weighted by molar-refractivity contribution is 7.98. The molecule has 0 aromatic carbocycles. The van der Waals surface area contributed by atoms with E-state index in [1.165, 1.54) is 18.4 Å². The Labute approximate surface area is 166 Å². The molecule has 2 aromatic heterocycles. The number of hydrogen-bond donors (Lipinski definition) is 0. The van der Waals surface area contributed by atoms with Crippen molar-refractivity contribution < 1.29 is 4.79 Å². The molecule has 0 bridgehead atoms. The Hall–Kier alpha value is -1.95. The van der Waals surface area contributed by atoms with E-state index in [-0.39, 0.29) is 11.9 Å². The van der Waals surface area contributed by atoms with Gasteiger partial charge in [-0.05, 0) is 62.6 Å². The lowest BCUT2D eigenvalue weighted by atomic mass is 10.0. The zero-order valence-corrected chi connectivity index (χ0v) is 17.3. The summed E-state index contributed by atoms with van der Waals surface area (Å²) in [6.45, 7) is 4.87. The first-order valence-corrected chi connectivity index (χ1v) is 10.9. The number of carbonyl (C=O) groups excluding carboxylic acids is 1. The molecule has 2 aromatic rings. The number of thioether (sulfide) groups is 1. The third kappa shape index (κ3) is 4.86. The smallest absolute Gasteiger partial charge is 0.223 e. The van der Waals surface area contributed by atoms with E-state index in [0.29, 0.717) is 12.8 Å². The maximum absolute atomic E-state index is 13.1. The second-order valence-corrected chi connectivity index (χ2v) is 7.87. The van der Waals surface area contributed by atoms with Crippen molar-refractivity contribution in [2.24, 2.45) is 0 Å². The van der Waals surface area contributed by atoms with Gasteiger partial charge >= 0.3 is 0 Å². The summed E-state index contributed by atoms with van der Waals surface area (Å²) < 4.78 is 0. The predicted octanol–water partition coefficient (Wildman–Crippen LogP) is 4.29. The lowest BCUT2D eigenvalue weighted by Crippen LogP contribution is -2.35. The number of amides is 1. The minimum Gasteiger partial charge on any atom is -0.336 e. The number of rotatable bonds is 5. The third-order valence-electron chi connectivity index (χ3n) is 5.34. The first kappa shape index (κ1) is 19.8. The summed E-state index contributed by atoms with van der Waals surface area (Å²) in [5.74, 6) is 0.228. The van der Waals surface area contributed by atoms with Crippen molar-refractivity contribution in [3.63, 3.8) is 0 Å². The molecule has 5 nitrogen and oxygen atoms in total. The van der Waals surface area contributed by atoms with E-state index < -0.39 is 0 Å². The van der Waals surface area contributed by atoms with Crippen molar-refractivity contribution >= 4 is 17.7 Å². The Kier molecular flexibility index (Phi) is 6.83. The van der Waals surface area contributed by atoms with E-state index in [0.717, 1.165) is 41.5 Å². The average Bonchev–Trinajstić information content (AvgIpc) is 2.93. The summed E-state index contributed by atoms with van der Waals surface area (Å²) in [7, 11) is 0. The van der Waals surface area contributed by atoms with Crippen LogP contribution in [0.15, 0.2) is 29.7 Å². The Balaban J connectivity index is 1.74. The van der Waals surface area contributed by atoms with E-state index in [1.807, 2.05) is 44.6 Å². The minimum atomic E-state index is 0.167. The van der Waals surface area contributed by atoms with Crippen LogP contribution in [0, 0.1) is 13.8 Å². The number of carbonyl (C=O) groups is 1. The Bertz CT molecular complexity index is 758. The molecule has 1 aliphatic heterocycles.